The molecule has 0 aliphatic rings. The molecule has 0 radical (unpaired) electrons. The van der Waals surface area contributed by atoms with E-state index in [4.69, 9.17) is 23.2 Å². The number of halogens is 2. The number of benzene rings is 2. The highest BCUT2D eigenvalue weighted by Gasteiger charge is 2.23. The highest BCUT2D eigenvalue weighted by Crippen LogP contribution is 2.29. The van der Waals surface area contributed by atoms with Gasteiger partial charge in [-0.15, -0.1) is 0 Å². The van der Waals surface area contributed by atoms with Crippen LogP contribution in [0.4, 0.5) is 5.69 Å². The van der Waals surface area contributed by atoms with Crippen molar-refractivity contribution in [2.45, 2.75) is 4.90 Å². The zero-order valence-corrected chi connectivity index (χ0v) is 15.3. The summed E-state index contributed by atoms with van der Waals surface area (Å²) in [6.45, 7) is 0. The fourth-order valence-electron chi connectivity index (χ4n) is 2.02. The van der Waals surface area contributed by atoms with E-state index in [0.29, 0.717) is 0 Å². The molecule has 0 atom stereocenters. The molecular formula is C17H10Cl2N2O4S. The minimum absolute atomic E-state index is 0.0711. The fraction of sp³-hybridized carbons (Fsp3) is 0. The second-order valence-electron chi connectivity index (χ2n) is 4.90. The Morgan fingerprint density at radius 2 is 1.88 bits per heavy atom. The van der Waals surface area contributed by atoms with Gasteiger partial charge in [0, 0.05) is 11.1 Å². The summed E-state index contributed by atoms with van der Waals surface area (Å²) in [7, 11) is -4.19. The monoisotopic (exact) mass is 408 g/mol. The van der Waals surface area contributed by atoms with Crippen molar-refractivity contribution >= 4 is 44.8 Å². The summed E-state index contributed by atoms with van der Waals surface area (Å²) in [6.07, 6.45) is 3.63. The molecule has 0 bridgehead atoms. The first kappa shape index (κ1) is 19.7. The van der Waals surface area contributed by atoms with E-state index in [1.807, 2.05) is 0 Å². The van der Waals surface area contributed by atoms with Gasteiger partial charge in [0.15, 0.2) is 0 Å². The van der Waals surface area contributed by atoms with Gasteiger partial charge in [0.05, 0.1) is 20.4 Å². The van der Waals surface area contributed by atoms with Crippen LogP contribution in [-0.4, -0.2) is 13.3 Å². The fourth-order valence-corrected chi connectivity index (χ4v) is 3.90. The summed E-state index contributed by atoms with van der Waals surface area (Å²) in [6, 6.07) is 11.4. The van der Waals surface area contributed by atoms with Crippen molar-refractivity contribution in [3.05, 3.63) is 85.2 Å². The highest BCUT2D eigenvalue weighted by molar-refractivity contribution is 7.95. The standard InChI is InChI=1S/C17H10Cl2N2O4S/c18-13-8-9-15(19)17(10-13)26(24,25)14(11-20)6-3-5-12-4-1-2-7-16(12)21(22)23/h1-10H/b5-3+,14-6+. The number of para-hydroxylation sites is 1. The minimum Gasteiger partial charge on any atom is -0.258 e. The SMILES string of the molecule is N#C/C(=C\C=C\c1ccccc1[N+](=O)[O-])S(=O)(=O)c1cc(Cl)ccc1Cl. The van der Waals surface area contributed by atoms with Crippen LogP contribution in [-0.2, 0) is 9.84 Å². The van der Waals surface area contributed by atoms with Gasteiger partial charge >= 0.3 is 0 Å². The average Bonchev–Trinajstić information content (AvgIpc) is 2.60. The number of nitriles is 1. The van der Waals surface area contributed by atoms with Crippen LogP contribution in [0.3, 0.4) is 0 Å². The normalized spacial score (nSPS) is 12.1. The Kier molecular flexibility index (Phi) is 6.16. The van der Waals surface area contributed by atoms with E-state index < -0.39 is 19.7 Å². The number of allylic oxidation sites excluding steroid dienone is 3. The molecule has 6 nitrogen and oxygen atoms in total. The molecule has 0 aliphatic heterocycles. The number of nitro groups is 1. The zero-order chi connectivity index (χ0) is 19.3. The van der Waals surface area contributed by atoms with Crippen LogP contribution in [0, 0.1) is 21.4 Å². The van der Waals surface area contributed by atoms with Crippen LogP contribution in [0.15, 0.2) is 64.4 Å². The topological polar surface area (TPSA) is 101 Å². The van der Waals surface area contributed by atoms with Gasteiger partial charge in [-0.2, -0.15) is 5.26 Å². The molecule has 0 amide bonds. The van der Waals surface area contributed by atoms with Crippen LogP contribution in [0.25, 0.3) is 6.08 Å². The molecule has 0 aliphatic carbocycles. The summed E-state index contributed by atoms with van der Waals surface area (Å²) >= 11 is 11.7. The maximum absolute atomic E-state index is 12.6. The second-order valence-corrected chi connectivity index (χ2v) is 7.63. The summed E-state index contributed by atoms with van der Waals surface area (Å²) < 4.78 is 25.2. The van der Waals surface area contributed by atoms with E-state index in [1.54, 1.807) is 12.1 Å². The van der Waals surface area contributed by atoms with E-state index in [-0.39, 0.29) is 26.2 Å². The van der Waals surface area contributed by atoms with Gasteiger partial charge in [-0.25, -0.2) is 8.42 Å². The Hall–Kier alpha value is -2.66. The summed E-state index contributed by atoms with van der Waals surface area (Å²) in [5.41, 5.74) is 0.126. The molecular weight excluding hydrogens is 399 g/mol. The molecule has 0 spiro atoms. The third kappa shape index (κ3) is 4.29. The van der Waals surface area contributed by atoms with Crippen LogP contribution in [0.1, 0.15) is 5.56 Å². The maximum atomic E-state index is 12.6. The van der Waals surface area contributed by atoms with Gasteiger partial charge < -0.3 is 0 Å². The third-order valence-electron chi connectivity index (χ3n) is 3.24. The van der Waals surface area contributed by atoms with Gasteiger partial charge in [-0.05, 0) is 36.4 Å². The van der Waals surface area contributed by atoms with Crippen molar-refractivity contribution in [3.63, 3.8) is 0 Å². The zero-order valence-electron chi connectivity index (χ0n) is 13.0. The van der Waals surface area contributed by atoms with Gasteiger partial charge in [0.2, 0.25) is 9.84 Å². The maximum Gasteiger partial charge on any atom is 0.276 e. The van der Waals surface area contributed by atoms with Crippen molar-refractivity contribution in [3.8, 4) is 6.07 Å². The number of nitrogens with zero attached hydrogens (tertiary/aromatic N) is 2. The molecule has 2 aromatic carbocycles. The molecule has 0 heterocycles. The molecule has 0 saturated carbocycles. The lowest BCUT2D eigenvalue weighted by molar-refractivity contribution is -0.385. The van der Waals surface area contributed by atoms with Gasteiger partial charge in [0.1, 0.15) is 11.0 Å². The summed E-state index contributed by atoms with van der Waals surface area (Å²) in [5.74, 6) is 0. The summed E-state index contributed by atoms with van der Waals surface area (Å²) in [5, 5.41) is 20.3. The summed E-state index contributed by atoms with van der Waals surface area (Å²) in [4.78, 5) is 9.55. The van der Waals surface area contributed by atoms with Gasteiger partial charge in [0.25, 0.3) is 5.69 Å². The highest BCUT2D eigenvalue weighted by atomic mass is 35.5. The second kappa shape index (κ2) is 8.15. The Morgan fingerprint density at radius 3 is 2.54 bits per heavy atom. The molecule has 132 valence electrons. The van der Waals surface area contributed by atoms with E-state index in [9.17, 15) is 23.8 Å². The quantitative estimate of drug-likeness (QED) is 0.306. The van der Waals surface area contributed by atoms with Crippen molar-refractivity contribution in [1.82, 2.24) is 0 Å². The first-order valence-electron chi connectivity index (χ1n) is 6.99. The number of hydrogen-bond acceptors (Lipinski definition) is 5. The number of sulfone groups is 1. The van der Waals surface area contributed by atoms with Gasteiger partial charge in [-0.3, -0.25) is 10.1 Å². The van der Waals surface area contributed by atoms with Crippen molar-refractivity contribution in [1.29, 1.82) is 5.26 Å². The number of nitro benzene ring substituents is 1. The lowest BCUT2D eigenvalue weighted by atomic mass is 10.1. The molecule has 2 rings (SSSR count). The van der Waals surface area contributed by atoms with Crippen LogP contribution < -0.4 is 0 Å². The lowest BCUT2D eigenvalue weighted by Crippen LogP contribution is -2.04. The molecule has 26 heavy (non-hydrogen) atoms. The Bertz CT molecular complexity index is 1070. The van der Waals surface area contributed by atoms with E-state index in [2.05, 4.69) is 0 Å². The molecule has 0 N–H and O–H groups in total. The predicted molar refractivity (Wildman–Crippen MR) is 99.5 cm³/mol. The molecule has 0 aromatic heterocycles. The Labute approximate surface area is 159 Å². The smallest absolute Gasteiger partial charge is 0.258 e. The van der Waals surface area contributed by atoms with Crippen molar-refractivity contribution in [2.75, 3.05) is 0 Å². The Balaban J connectivity index is 2.44. The number of rotatable bonds is 5. The van der Waals surface area contributed by atoms with E-state index >= 15 is 0 Å². The van der Waals surface area contributed by atoms with E-state index in [1.165, 1.54) is 42.5 Å². The first-order chi connectivity index (χ1) is 12.3. The van der Waals surface area contributed by atoms with Crippen LogP contribution in [0.2, 0.25) is 10.0 Å². The van der Waals surface area contributed by atoms with Crippen LogP contribution >= 0.6 is 23.2 Å². The third-order valence-corrected chi connectivity index (χ3v) is 5.64. The molecule has 0 saturated heterocycles. The van der Waals surface area contributed by atoms with Gasteiger partial charge in [-0.1, -0.05) is 41.4 Å². The van der Waals surface area contributed by atoms with Crippen LogP contribution in [0.5, 0.6) is 0 Å². The molecule has 0 fully saturated rings. The average molecular weight is 409 g/mol. The van der Waals surface area contributed by atoms with Crippen molar-refractivity contribution < 1.29 is 13.3 Å². The molecule has 0 unspecified atom stereocenters. The Morgan fingerprint density at radius 1 is 1.19 bits per heavy atom. The molecule has 9 heteroatoms. The largest absolute Gasteiger partial charge is 0.276 e. The first-order valence-corrected chi connectivity index (χ1v) is 9.23. The molecule has 2 aromatic rings. The minimum atomic E-state index is -4.19. The lowest BCUT2D eigenvalue weighted by Gasteiger charge is -2.05. The number of hydrogen-bond donors (Lipinski definition) is 0. The van der Waals surface area contributed by atoms with Crippen molar-refractivity contribution in [2.24, 2.45) is 0 Å². The predicted octanol–water partition coefficient (Wildman–Crippen LogP) is 4.80. The van der Waals surface area contributed by atoms with E-state index in [0.717, 1.165) is 12.1 Å².